The van der Waals surface area contributed by atoms with Crippen molar-refractivity contribution in [2.24, 2.45) is 0 Å². The monoisotopic (exact) mass is 420 g/mol. The molecule has 0 bridgehead atoms. The number of hydrogen-bond donors (Lipinski definition) is 3. The van der Waals surface area contributed by atoms with Gasteiger partial charge in [-0.15, -0.1) is 0 Å². The molecule has 1 fully saturated rings. The second-order valence-electron chi connectivity index (χ2n) is 7.97. The Morgan fingerprint density at radius 1 is 1.19 bits per heavy atom. The molecule has 1 amide bonds. The second kappa shape index (κ2) is 6.73. The molecule has 9 heteroatoms. The number of carboxylic acids is 1. The second-order valence-corrected chi connectivity index (χ2v) is 7.97. The van der Waals surface area contributed by atoms with Crippen molar-refractivity contribution < 1.29 is 19.8 Å². The van der Waals surface area contributed by atoms with Crippen LogP contribution in [0.15, 0.2) is 59.7 Å². The molecule has 158 valence electrons. The molecule has 1 aromatic heterocycles. The Morgan fingerprint density at radius 3 is 2.68 bits per heavy atom. The minimum atomic E-state index is -1.72. The fourth-order valence-corrected chi connectivity index (χ4v) is 4.65. The highest BCUT2D eigenvalue weighted by atomic mass is 16.4. The third-order valence-electron chi connectivity index (χ3n) is 6.17. The summed E-state index contributed by atoms with van der Waals surface area (Å²) in [6, 6.07) is 11.6. The number of aliphatic carboxylic acids is 1. The number of nitrogens with zero attached hydrogens (tertiary/aromatic N) is 3. The normalized spacial score (nSPS) is 25.5. The van der Waals surface area contributed by atoms with Crippen molar-refractivity contribution in [1.29, 1.82) is 0 Å². The quantitative estimate of drug-likeness (QED) is 0.574. The van der Waals surface area contributed by atoms with E-state index in [0.717, 1.165) is 4.57 Å². The molecule has 3 heterocycles. The highest BCUT2D eigenvalue weighted by Gasteiger charge is 2.58. The van der Waals surface area contributed by atoms with Crippen molar-refractivity contribution in [2.75, 3.05) is 4.90 Å². The molecule has 0 radical (unpaired) electrons. The van der Waals surface area contributed by atoms with E-state index in [1.54, 1.807) is 55.5 Å². The summed E-state index contributed by atoms with van der Waals surface area (Å²) >= 11 is 0. The molecule has 2 aliphatic heterocycles. The molecule has 2 aliphatic rings. The lowest BCUT2D eigenvalue weighted by Gasteiger charge is -2.33. The fraction of sp³-hybridized carbons (Fsp3) is 0.273. The third-order valence-corrected chi connectivity index (χ3v) is 6.17. The summed E-state index contributed by atoms with van der Waals surface area (Å²) in [5.41, 5.74) is -0.786. The zero-order valence-corrected chi connectivity index (χ0v) is 16.6. The van der Waals surface area contributed by atoms with Crippen molar-refractivity contribution in [3.63, 3.8) is 0 Å². The minimum absolute atomic E-state index is 0.204. The van der Waals surface area contributed by atoms with Crippen LogP contribution in [0.25, 0.3) is 10.9 Å². The van der Waals surface area contributed by atoms with Gasteiger partial charge in [0.05, 0.1) is 29.0 Å². The maximum atomic E-state index is 13.0. The van der Waals surface area contributed by atoms with E-state index < -0.39 is 35.4 Å². The highest BCUT2D eigenvalue weighted by Crippen LogP contribution is 2.48. The molecule has 0 spiro atoms. The number of fused-ring (bicyclic) bond motifs is 4. The van der Waals surface area contributed by atoms with Crippen LogP contribution in [0.2, 0.25) is 0 Å². The molecule has 1 saturated heterocycles. The molecule has 9 nitrogen and oxygen atoms in total. The van der Waals surface area contributed by atoms with Gasteiger partial charge < -0.3 is 10.2 Å². The molecule has 5 rings (SSSR count). The SMILES string of the molecule is C[C@@H]1N[C@H]2N(C1=O)c1ccccc1[C@@]2(O)C[C@H](C(=O)O)n1cnc2ccccc2c1=O. The number of benzene rings is 2. The number of amides is 1. The smallest absolute Gasteiger partial charge is 0.326 e. The van der Waals surface area contributed by atoms with E-state index >= 15 is 0 Å². The van der Waals surface area contributed by atoms with Crippen LogP contribution in [0.1, 0.15) is 24.9 Å². The summed E-state index contributed by atoms with van der Waals surface area (Å²) < 4.78 is 1.04. The predicted octanol–water partition coefficient (Wildman–Crippen LogP) is 0.964. The topological polar surface area (TPSA) is 125 Å². The van der Waals surface area contributed by atoms with Crippen LogP contribution in [-0.2, 0) is 15.2 Å². The number of hydrogen-bond acceptors (Lipinski definition) is 6. The number of para-hydroxylation sites is 2. The lowest BCUT2D eigenvalue weighted by molar-refractivity contribution is -0.144. The molecular formula is C22H20N4O5. The van der Waals surface area contributed by atoms with Gasteiger partial charge >= 0.3 is 5.97 Å². The van der Waals surface area contributed by atoms with Crippen LogP contribution in [0.5, 0.6) is 0 Å². The van der Waals surface area contributed by atoms with E-state index in [4.69, 9.17) is 0 Å². The Morgan fingerprint density at radius 2 is 1.90 bits per heavy atom. The van der Waals surface area contributed by atoms with Gasteiger partial charge in [-0.3, -0.25) is 24.4 Å². The number of aromatic nitrogens is 2. The number of carbonyl (C=O) groups is 2. The molecule has 3 aromatic rings. The first-order chi connectivity index (χ1) is 14.8. The van der Waals surface area contributed by atoms with Gasteiger partial charge in [0, 0.05) is 12.0 Å². The Kier molecular flexibility index (Phi) is 4.21. The molecule has 2 aromatic carbocycles. The van der Waals surface area contributed by atoms with Gasteiger partial charge in [-0.05, 0) is 25.1 Å². The zero-order chi connectivity index (χ0) is 21.9. The van der Waals surface area contributed by atoms with Crippen molar-refractivity contribution in [3.05, 3.63) is 70.8 Å². The largest absolute Gasteiger partial charge is 0.480 e. The third kappa shape index (κ3) is 2.70. The lowest BCUT2D eigenvalue weighted by Crippen LogP contribution is -2.51. The molecule has 0 saturated carbocycles. The maximum absolute atomic E-state index is 13.0. The Hall–Kier alpha value is -3.56. The van der Waals surface area contributed by atoms with Crippen LogP contribution >= 0.6 is 0 Å². The minimum Gasteiger partial charge on any atom is -0.480 e. The van der Waals surface area contributed by atoms with Gasteiger partial charge in [0.15, 0.2) is 0 Å². The average molecular weight is 420 g/mol. The number of rotatable bonds is 4. The first kappa shape index (κ1) is 19.4. The van der Waals surface area contributed by atoms with E-state index in [-0.39, 0.29) is 12.3 Å². The van der Waals surface area contributed by atoms with Crippen molar-refractivity contribution in [2.45, 2.75) is 37.2 Å². The summed E-state index contributed by atoms with van der Waals surface area (Å²) in [5, 5.41) is 25.1. The van der Waals surface area contributed by atoms with Crippen LogP contribution < -0.4 is 15.8 Å². The Balaban J connectivity index is 1.63. The van der Waals surface area contributed by atoms with Gasteiger partial charge in [-0.1, -0.05) is 30.3 Å². The van der Waals surface area contributed by atoms with Crippen molar-refractivity contribution in [1.82, 2.24) is 14.9 Å². The maximum Gasteiger partial charge on any atom is 0.326 e. The van der Waals surface area contributed by atoms with E-state index in [0.29, 0.717) is 22.2 Å². The number of aliphatic hydroxyl groups is 1. The highest BCUT2D eigenvalue weighted by molar-refractivity contribution is 6.02. The number of carbonyl (C=O) groups excluding carboxylic acids is 1. The zero-order valence-electron chi connectivity index (χ0n) is 16.6. The first-order valence-electron chi connectivity index (χ1n) is 9.92. The molecule has 31 heavy (non-hydrogen) atoms. The van der Waals surface area contributed by atoms with Crippen molar-refractivity contribution in [3.8, 4) is 0 Å². The standard InChI is InChI=1S/C22H20N4O5/c1-12-18(27)26-16-9-5-3-7-14(16)22(31,21(26)24-12)10-17(20(29)30)25-11-23-15-8-4-2-6-13(15)19(25)28/h2-9,11-12,17,21,24,31H,10H2,1H3,(H,29,30)/t12-,17+,21-,22-/m0/s1. The first-order valence-corrected chi connectivity index (χ1v) is 9.92. The molecule has 4 atom stereocenters. The van der Waals surface area contributed by atoms with Crippen LogP contribution in [0, 0.1) is 0 Å². The van der Waals surface area contributed by atoms with E-state index in [9.17, 15) is 24.6 Å². The summed E-state index contributed by atoms with van der Waals surface area (Å²) in [5.74, 6) is -1.48. The molecule has 3 N–H and O–H groups in total. The van der Waals surface area contributed by atoms with E-state index in [2.05, 4.69) is 10.3 Å². The number of nitrogens with one attached hydrogen (secondary N) is 1. The van der Waals surface area contributed by atoms with E-state index in [1.807, 2.05) is 0 Å². The van der Waals surface area contributed by atoms with Gasteiger partial charge in [0.2, 0.25) is 5.91 Å². The lowest BCUT2D eigenvalue weighted by atomic mass is 9.86. The van der Waals surface area contributed by atoms with Gasteiger partial charge in [-0.25, -0.2) is 9.78 Å². The van der Waals surface area contributed by atoms with Crippen LogP contribution in [-0.4, -0.2) is 43.8 Å². The Labute approximate surface area is 176 Å². The molecule has 0 unspecified atom stereocenters. The summed E-state index contributed by atoms with van der Waals surface area (Å²) in [6.07, 6.45) is 0.0349. The summed E-state index contributed by atoms with van der Waals surface area (Å²) in [7, 11) is 0. The van der Waals surface area contributed by atoms with Crippen molar-refractivity contribution >= 4 is 28.5 Å². The van der Waals surface area contributed by atoms with Gasteiger partial charge in [-0.2, -0.15) is 0 Å². The number of anilines is 1. The summed E-state index contributed by atoms with van der Waals surface area (Å²) in [4.78, 5) is 43.7. The fourth-order valence-electron chi connectivity index (χ4n) is 4.65. The van der Waals surface area contributed by atoms with Crippen LogP contribution in [0.3, 0.4) is 0 Å². The van der Waals surface area contributed by atoms with Gasteiger partial charge in [0.1, 0.15) is 17.8 Å². The number of carboxylic acid groups (broad SMARTS) is 1. The van der Waals surface area contributed by atoms with Crippen LogP contribution in [0.4, 0.5) is 5.69 Å². The van der Waals surface area contributed by atoms with E-state index in [1.165, 1.54) is 11.2 Å². The van der Waals surface area contributed by atoms with Gasteiger partial charge in [0.25, 0.3) is 5.56 Å². The molecular weight excluding hydrogens is 400 g/mol. The summed E-state index contributed by atoms with van der Waals surface area (Å²) in [6.45, 7) is 1.69. The Bertz CT molecular complexity index is 1290. The predicted molar refractivity (Wildman–Crippen MR) is 112 cm³/mol. The average Bonchev–Trinajstić information content (AvgIpc) is 3.19. The molecule has 0 aliphatic carbocycles.